The van der Waals surface area contributed by atoms with Crippen LogP contribution in [0.1, 0.15) is 17.1 Å². The summed E-state index contributed by atoms with van der Waals surface area (Å²) in [4.78, 5) is 6.83. The molecule has 2 aromatic heterocycles. The molecule has 1 aliphatic heterocycles. The van der Waals surface area contributed by atoms with Crippen molar-refractivity contribution in [2.24, 2.45) is 7.05 Å². The van der Waals surface area contributed by atoms with Crippen molar-refractivity contribution in [1.82, 2.24) is 19.6 Å². The average Bonchev–Trinajstić information content (AvgIpc) is 3.16. The molecule has 0 saturated heterocycles. The molecule has 5 nitrogen and oxygen atoms in total. The number of aromatic nitrogens is 3. The number of hydrogen-bond acceptors (Lipinski definition) is 4. The Balaban J connectivity index is 1.48. The smallest absolute Gasteiger partial charge is 0.151 e. The molecular formula is C17H18N4O. The van der Waals surface area contributed by atoms with Gasteiger partial charge in [-0.1, -0.05) is 35.5 Å². The highest BCUT2D eigenvalue weighted by Gasteiger charge is 2.21. The number of imidazole rings is 1. The van der Waals surface area contributed by atoms with Crippen molar-refractivity contribution in [3.05, 3.63) is 59.9 Å². The fourth-order valence-corrected chi connectivity index (χ4v) is 3.00. The van der Waals surface area contributed by atoms with Crippen LogP contribution in [-0.2, 0) is 26.6 Å². The van der Waals surface area contributed by atoms with Crippen molar-refractivity contribution in [1.29, 1.82) is 0 Å². The first-order valence-electron chi connectivity index (χ1n) is 7.52. The topological polar surface area (TPSA) is 47.1 Å². The lowest BCUT2D eigenvalue weighted by Crippen LogP contribution is -2.30. The summed E-state index contributed by atoms with van der Waals surface area (Å²) in [5, 5.41) is 4.18. The molecule has 0 bridgehead atoms. The Morgan fingerprint density at radius 3 is 2.95 bits per heavy atom. The van der Waals surface area contributed by atoms with E-state index in [1.54, 1.807) is 0 Å². The predicted molar refractivity (Wildman–Crippen MR) is 83.0 cm³/mol. The van der Waals surface area contributed by atoms with Crippen LogP contribution in [0.15, 0.2) is 47.2 Å². The molecule has 0 amide bonds. The third-order valence-electron chi connectivity index (χ3n) is 4.19. The molecule has 0 saturated carbocycles. The first-order chi connectivity index (χ1) is 10.8. The number of rotatable bonds is 3. The number of nitrogens with zero attached hydrogens (tertiary/aromatic N) is 4. The van der Waals surface area contributed by atoms with Crippen LogP contribution in [-0.4, -0.2) is 26.2 Å². The van der Waals surface area contributed by atoms with E-state index in [9.17, 15) is 0 Å². The summed E-state index contributed by atoms with van der Waals surface area (Å²) in [6.07, 6.45) is 2.93. The molecule has 0 radical (unpaired) electrons. The van der Waals surface area contributed by atoms with Gasteiger partial charge in [-0.25, -0.2) is 4.98 Å². The lowest BCUT2D eigenvalue weighted by atomic mass is 10.1. The fraction of sp³-hybridized carbons (Fsp3) is 0.294. The van der Waals surface area contributed by atoms with Crippen LogP contribution < -0.4 is 0 Å². The van der Waals surface area contributed by atoms with Gasteiger partial charge in [0.1, 0.15) is 5.69 Å². The average molecular weight is 294 g/mol. The highest BCUT2D eigenvalue weighted by molar-refractivity contribution is 5.58. The maximum absolute atomic E-state index is 5.50. The van der Waals surface area contributed by atoms with Gasteiger partial charge in [0.05, 0.1) is 18.6 Å². The lowest BCUT2D eigenvalue weighted by molar-refractivity contribution is 0.211. The highest BCUT2D eigenvalue weighted by Crippen LogP contribution is 2.22. The van der Waals surface area contributed by atoms with Crippen molar-refractivity contribution in [3.8, 4) is 11.3 Å². The Morgan fingerprint density at radius 2 is 2.09 bits per heavy atom. The molecule has 112 valence electrons. The van der Waals surface area contributed by atoms with Gasteiger partial charge in [-0.2, -0.15) is 0 Å². The molecule has 0 spiro atoms. The molecule has 0 N–H and O–H groups in total. The van der Waals surface area contributed by atoms with Crippen LogP contribution in [0.4, 0.5) is 0 Å². The molecule has 3 aromatic rings. The Labute approximate surface area is 129 Å². The molecule has 5 heteroatoms. The third kappa shape index (κ3) is 2.44. The van der Waals surface area contributed by atoms with Gasteiger partial charge in [-0.3, -0.25) is 4.90 Å². The van der Waals surface area contributed by atoms with Gasteiger partial charge in [0, 0.05) is 43.9 Å². The van der Waals surface area contributed by atoms with Crippen LogP contribution in [0.25, 0.3) is 11.3 Å². The Hall–Kier alpha value is -2.40. The number of fused-ring (bicyclic) bond motifs is 1. The molecule has 22 heavy (non-hydrogen) atoms. The zero-order valence-electron chi connectivity index (χ0n) is 12.6. The van der Waals surface area contributed by atoms with Gasteiger partial charge in [0.25, 0.3) is 0 Å². The Bertz CT molecular complexity index is 775. The third-order valence-corrected chi connectivity index (χ3v) is 4.19. The normalized spacial score (nSPS) is 15.0. The van der Waals surface area contributed by atoms with Gasteiger partial charge in [0.2, 0.25) is 0 Å². The van der Waals surface area contributed by atoms with Gasteiger partial charge >= 0.3 is 0 Å². The quantitative estimate of drug-likeness (QED) is 0.745. The number of hydrogen-bond donors (Lipinski definition) is 0. The summed E-state index contributed by atoms with van der Waals surface area (Å²) in [6.45, 7) is 2.67. The molecule has 1 aliphatic rings. The standard InChI is InChI=1S/C17H18N4O/c1-20-12-18-16-11-21(8-7-17(16)20)10-14-9-15(19-22-14)13-5-3-2-4-6-13/h2-6,9,12H,7-8,10-11H2,1H3. The second-order valence-electron chi connectivity index (χ2n) is 5.75. The molecule has 0 unspecified atom stereocenters. The lowest BCUT2D eigenvalue weighted by Gasteiger charge is -2.25. The summed E-state index contributed by atoms with van der Waals surface area (Å²) >= 11 is 0. The van der Waals surface area contributed by atoms with Crippen molar-refractivity contribution in [3.63, 3.8) is 0 Å². The van der Waals surface area contributed by atoms with E-state index in [1.807, 2.05) is 42.7 Å². The van der Waals surface area contributed by atoms with E-state index in [1.165, 1.54) is 11.4 Å². The first-order valence-corrected chi connectivity index (χ1v) is 7.52. The zero-order valence-corrected chi connectivity index (χ0v) is 12.6. The molecular weight excluding hydrogens is 276 g/mol. The van der Waals surface area contributed by atoms with E-state index in [0.29, 0.717) is 0 Å². The SMILES string of the molecule is Cn1cnc2c1CCN(Cc1cc(-c3ccccc3)no1)C2. The highest BCUT2D eigenvalue weighted by atomic mass is 16.5. The van der Waals surface area contributed by atoms with E-state index < -0.39 is 0 Å². The summed E-state index contributed by atoms with van der Waals surface area (Å²) in [5.74, 6) is 0.901. The second-order valence-corrected chi connectivity index (χ2v) is 5.75. The first kappa shape index (κ1) is 13.3. The number of benzene rings is 1. The largest absolute Gasteiger partial charge is 0.359 e. The zero-order chi connectivity index (χ0) is 14.9. The van der Waals surface area contributed by atoms with E-state index in [-0.39, 0.29) is 0 Å². The van der Waals surface area contributed by atoms with Crippen LogP contribution >= 0.6 is 0 Å². The molecule has 0 atom stereocenters. The van der Waals surface area contributed by atoms with Gasteiger partial charge in [0.15, 0.2) is 5.76 Å². The van der Waals surface area contributed by atoms with Crippen molar-refractivity contribution < 1.29 is 4.52 Å². The van der Waals surface area contributed by atoms with E-state index in [2.05, 4.69) is 26.7 Å². The van der Waals surface area contributed by atoms with E-state index in [4.69, 9.17) is 4.52 Å². The van der Waals surface area contributed by atoms with Gasteiger partial charge in [-0.15, -0.1) is 0 Å². The van der Waals surface area contributed by atoms with Crippen molar-refractivity contribution in [2.45, 2.75) is 19.5 Å². The number of aryl methyl sites for hydroxylation is 1. The maximum atomic E-state index is 5.50. The molecule has 3 heterocycles. The van der Waals surface area contributed by atoms with Crippen LogP contribution in [0.3, 0.4) is 0 Å². The van der Waals surface area contributed by atoms with Crippen molar-refractivity contribution in [2.75, 3.05) is 6.54 Å². The fourth-order valence-electron chi connectivity index (χ4n) is 3.00. The molecule has 1 aromatic carbocycles. The predicted octanol–water partition coefficient (Wildman–Crippen LogP) is 2.63. The summed E-state index contributed by atoms with van der Waals surface area (Å²) < 4.78 is 7.62. The molecule has 0 fully saturated rings. The minimum atomic E-state index is 0.774. The molecule has 0 aliphatic carbocycles. The van der Waals surface area contributed by atoms with E-state index >= 15 is 0 Å². The van der Waals surface area contributed by atoms with Crippen LogP contribution in [0.5, 0.6) is 0 Å². The van der Waals surface area contributed by atoms with Crippen LogP contribution in [0.2, 0.25) is 0 Å². The van der Waals surface area contributed by atoms with Crippen LogP contribution in [0, 0.1) is 0 Å². The summed E-state index contributed by atoms with van der Waals surface area (Å²) in [5.41, 5.74) is 4.50. The summed E-state index contributed by atoms with van der Waals surface area (Å²) in [7, 11) is 2.06. The minimum Gasteiger partial charge on any atom is -0.359 e. The minimum absolute atomic E-state index is 0.774. The second kappa shape index (κ2) is 5.42. The maximum Gasteiger partial charge on any atom is 0.151 e. The monoisotopic (exact) mass is 294 g/mol. The van der Waals surface area contributed by atoms with Crippen molar-refractivity contribution >= 4 is 0 Å². The molecule has 4 rings (SSSR count). The Kier molecular flexibility index (Phi) is 3.27. The van der Waals surface area contributed by atoms with Gasteiger partial charge < -0.3 is 9.09 Å². The Morgan fingerprint density at radius 1 is 1.23 bits per heavy atom. The van der Waals surface area contributed by atoms with E-state index in [0.717, 1.165) is 43.1 Å². The summed E-state index contributed by atoms with van der Waals surface area (Å²) in [6, 6.07) is 12.1. The van der Waals surface area contributed by atoms with Gasteiger partial charge in [-0.05, 0) is 0 Å².